The molecular weight excluding hydrogens is 396 g/mol. The van der Waals surface area contributed by atoms with E-state index in [1.54, 1.807) is 42.5 Å². The van der Waals surface area contributed by atoms with Crippen molar-refractivity contribution in [1.82, 2.24) is 4.98 Å². The van der Waals surface area contributed by atoms with Gasteiger partial charge in [0.2, 0.25) is 0 Å². The summed E-state index contributed by atoms with van der Waals surface area (Å²) in [5.41, 5.74) is 0.203. The monoisotopic (exact) mass is 407 g/mol. The van der Waals surface area contributed by atoms with Crippen LogP contribution in [0, 0.1) is 0 Å². The summed E-state index contributed by atoms with van der Waals surface area (Å²) in [4.78, 5) is 27.0. The van der Waals surface area contributed by atoms with Crippen LogP contribution in [0.15, 0.2) is 53.3 Å². The number of halogens is 3. The number of ketones is 1. The molecule has 8 heteroatoms. The normalized spacial score (nSPS) is 12.6. The summed E-state index contributed by atoms with van der Waals surface area (Å²) in [5.74, 6) is -0.399. The molecule has 0 aliphatic heterocycles. The van der Waals surface area contributed by atoms with Gasteiger partial charge in [0.15, 0.2) is 5.78 Å². The van der Waals surface area contributed by atoms with Crippen LogP contribution in [-0.2, 0) is 0 Å². The van der Waals surface area contributed by atoms with E-state index in [9.17, 15) is 18.4 Å². The van der Waals surface area contributed by atoms with E-state index >= 15 is 0 Å². The van der Waals surface area contributed by atoms with Gasteiger partial charge >= 0.3 is 6.61 Å². The van der Waals surface area contributed by atoms with Gasteiger partial charge in [-0.25, -0.2) is 0 Å². The average molecular weight is 408 g/mol. The Kier molecular flexibility index (Phi) is 5.83. The van der Waals surface area contributed by atoms with Crippen LogP contribution in [-0.4, -0.2) is 17.4 Å². The molecule has 3 aromatic rings. The van der Waals surface area contributed by atoms with Crippen molar-refractivity contribution in [1.29, 1.82) is 0 Å². The zero-order valence-electron chi connectivity index (χ0n) is 13.6. The van der Waals surface area contributed by atoms with Crippen molar-refractivity contribution in [3.63, 3.8) is 0 Å². The Morgan fingerprint density at radius 1 is 1.15 bits per heavy atom. The van der Waals surface area contributed by atoms with Crippen LogP contribution in [0.2, 0.25) is 5.02 Å². The molecule has 0 saturated heterocycles. The molecule has 1 aromatic heterocycles. The molecule has 27 heavy (non-hydrogen) atoms. The van der Waals surface area contributed by atoms with Crippen molar-refractivity contribution in [2.45, 2.75) is 6.61 Å². The number of benzene rings is 2. The standard InChI is InChI=1S/C19H12ClF2NO3S/c20-13-7-3-2-6-12(13)14(24)10-17-23-18(25)16(27-17)9-11-5-1-4-8-15(11)26-19(21)22/h1-10,19H,(H,23,25)/b16-9-,17-10-. The maximum atomic E-state index is 12.5. The van der Waals surface area contributed by atoms with Crippen LogP contribution >= 0.6 is 22.9 Å². The van der Waals surface area contributed by atoms with E-state index < -0.39 is 12.2 Å². The number of thiazole rings is 1. The first-order valence-corrected chi connectivity index (χ1v) is 8.89. The number of carbonyl (C=O) groups is 1. The lowest BCUT2D eigenvalue weighted by Gasteiger charge is -2.06. The summed E-state index contributed by atoms with van der Waals surface area (Å²) < 4.78 is 30.0. The number of ether oxygens (including phenoxy) is 1. The highest BCUT2D eigenvalue weighted by molar-refractivity contribution is 7.07. The number of aromatic amines is 1. The first-order chi connectivity index (χ1) is 12.9. The molecule has 3 rings (SSSR count). The van der Waals surface area contributed by atoms with Crippen LogP contribution in [0.3, 0.4) is 0 Å². The van der Waals surface area contributed by atoms with Crippen molar-refractivity contribution in [2.75, 3.05) is 0 Å². The van der Waals surface area contributed by atoms with Crippen LogP contribution in [0.25, 0.3) is 12.2 Å². The number of hydrogen-bond donors (Lipinski definition) is 1. The quantitative estimate of drug-likeness (QED) is 0.661. The topological polar surface area (TPSA) is 59.2 Å². The molecule has 0 unspecified atom stereocenters. The van der Waals surface area contributed by atoms with Crippen molar-refractivity contribution >= 4 is 40.9 Å². The SMILES string of the molecule is O=C(/C=c1/[nH]c(=O)/c(=C/c2ccccc2OC(F)F)s1)c1ccccc1Cl. The van der Waals surface area contributed by atoms with Gasteiger partial charge in [-0.1, -0.05) is 41.9 Å². The highest BCUT2D eigenvalue weighted by Crippen LogP contribution is 2.20. The van der Waals surface area contributed by atoms with Crippen LogP contribution < -0.4 is 19.5 Å². The van der Waals surface area contributed by atoms with Crippen molar-refractivity contribution in [2.24, 2.45) is 0 Å². The van der Waals surface area contributed by atoms with Gasteiger partial charge in [0, 0.05) is 17.2 Å². The minimum Gasteiger partial charge on any atom is -0.434 e. The zero-order valence-corrected chi connectivity index (χ0v) is 15.2. The number of Topliss-reactive ketones (excluding diaryl/α,β-unsaturated/α-hetero) is 1. The van der Waals surface area contributed by atoms with Gasteiger partial charge in [-0.15, -0.1) is 11.3 Å². The van der Waals surface area contributed by atoms with Crippen LogP contribution in [0.4, 0.5) is 8.78 Å². The van der Waals surface area contributed by atoms with Gasteiger partial charge in [-0.2, -0.15) is 8.78 Å². The van der Waals surface area contributed by atoms with Gasteiger partial charge in [0.05, 0.1) is 14.2 Å². The van der Waals surface area contributed by atoms with E-state index in [1.807, 2.05) is 0 Å². The van der Waals surface area contributed by atoms with E-state index in [4.69, 9.17) is 11.6 Å². The van der Waals surface area contributed by atoms with Crippen molar-refractivity contribution in [3.8, 4) is 5.75 Å². The minimum absolute atomic E-state index is 0.0435. The number of para-hydroxylation sites is 1. The van der Waals surface area contributed by atoms with Gasteiger partial charge < -0.3 is 9.72 Å². The summed E-state index contributed by atoms with van der Waals surface area (Å²) in [6.07, 6.45) is 2.70. The van der Waals surface area contributed by atoms with Crippen LogP contribution in [0.5, 0.6) is 5.75 Å². The van der Waals surface area contributed by atoms with E-state index in [2.05, 4.69) is 9.72 Å². The maximum absolute atomic E-state index is 12.5. The fourth-order valence-corrected chi connectivity index (χ4v) is 3.43. The maximum Gasteiger partial charge on any atom is 0.387 e. The average Bonchev–Trinajstić information content (AvgIpc) is 2.95. The Hall–Kier alpha value is -2.77. The molecule has 0 amide bonds. The Morgan fingerprint density at radius 2 is 1.85 bits per heavy atom. The molecule has 0 aliphatic rings. The third-order valence-corrected chi connectivity index (χ3v) is 4.80. The summed E-state index contributed by atoms with van der Waals surface area (Å²) in [6.45, 7) is -2.97. The molecule has 0 spiro atoms. The predicted molar refractivity (Wildman–Crippen MR) is 101 cm³/mol. The highest BCUT2D eigenvalue weighted by Gasteiger charge is 2.09. The van der Waals surface area contributed by atoms with Gasteiger partial charge in [-0.05, 0) is 24.3 Å². The number of aromatic nitrogens is 1. The molecule has 138 valence electrons. The number of nitrogens with one attached hydrogen (secondary N) is 1. The number of carbonyl (C=O) groups excluding carboxylic acids is 1. The third kappa shape index (κ3) is 4.69. The molecule has 4 nitrogen and oxygen atoms in total. The Bertz CT molecular complexity index is 1150. The molecule has 0 saturated carbocycles. The molecule has 0 atom stereocenters. The van der Waals surface area contributed by atoms with E-state index in [-0.39, 0.29) is 16.1 Å². The zero-order chi connectivity index (χ0) is 19.4. The first-order valence-electron chi connectivity index (χ1n) is 7.69. The Labute approximate surface area is 161 Å². The van der Waals surface area contributed by atoms with Crippen molar-refractivity contribution in [3.05, 3.63) is 84.2 Å². The molecule has 1 heterocycles. The van der Waals surface area contributed by atoms with E-state index in [0.717, 1.165) is 11.3 Å². The second-order valence-electron chi connectivity index (χ2n) is 5.33. The first kappa shape index (κ1) is 19.0. The molecule has 0 bridgehead atoms. The predicted octanol–water partition coefficient (Wildman–Crippen LogP) is 3.18. The fraction of sp³-hybridized carbons (Fsp3) is 0.0526. The summed E-state index contributed by atoms with van der Waals surface area (Å²) >= 11 is 7.02. The second-order valence-corrected chi connectivity index (χ2v) is 6.82. The summed E-state index contributed by atoms with van der Waals surface area (Å²) in [5, 5.41) is 0.308. The smallest absolute Gasteiger partial charge is 0.387 e. The summed E-state index contributed by atoms with van der Waals surface area (Å²) in [7, 11) is 0. The van der Waals surface area contributed by atoms with E-state index in [0.29, 0.717) is 20.8 Å². The van der Waals surface area contributed by atoms with Gasteiger partial charge in [0.25, 0.3) is 5.56 Å². The minimum atomic E-state index is -2.97. The molecule has 0 fully saturated rings. The van der Waals surface area contributed by atoms with Gasteiger partial charge in [-0.3, -0.25) is 9.59 Å². The Morgan fingerprint density at radius 3 is 2.59 bits per heavy atom. The second kappa shape index (κ2) is 8.28. The van der Waals surface area contributed by atoms with Crippen LogP contribution in [0.1, 0.15) is 15.9 Å². The molecule has 1 N–H and O–H groups in total. The molecular formula is C19H12ClF2NO3S. The summed E-state index contributed by atoms with van der Waals surface area (Å²) in [6, 6.07) is 12.7. The number of H-pyrrole nitrogens is 1. The van der Waals surface area contributed by atoms with Gasteiger partial charge in [0.1, 0.15) is 5.75 Å². The third-order valence-electron chi connectivity index (χ3n) is 3.50. The number of alkyl halides is 2. The lowest BCUT2D eigenvalue weighted by atomic mass is 10.1. The number of hydrogen-bond acceptors (Lipinski definition) is 4. The molecule has 0 aliphatic carbocycles. The largest absolute Gasteiger partial charge is 0.434 e. The van der Waals surface area contributed by atoms with E-state index in [1.165, 1.54) is 18.2 Å². The fourth-order valence-electron chi connectivity index (χ4n) is 2.33. The van der Waals surface area contributed by atoms with Crippen molar-refractivity contribution < 1.29 is 18.3 Å². The molecule has 2 aromatic carbocycles. The highest BCUT2D eigenvalue weighted by atomic mass is 35.5. The lowest BCUT2D eigenvalue weighted by Crippen LogP contribution is -2.20. The Balaban J connectivity index is 2.01. The molecule has 0 radical (unpaired) electrons. The number of rotatable bonds is 5. The lowest BCUT2D eigenvalue weighted by molar-refractivity contribution is -0.0499.